The van der Waals surface area contributed by atoms with Crippen molar-refractivity contribution >= 4 is 25.7 Å². The normalized spacial score (nSPS) is 14.5. The molecule has 0 fully saturated rings. The van der Waals surface area contributed by atoms with Gasteiger partial charge in [0.15, 0.2) is 6.10 Å². The van der Waals surface area contributed by atoms with E-state index < -0.39 is 51.1 Å². The van der Waals surface area contributed by atoms with Crippen LogP contribution >= 0.6 is 7.82 Å². The number of rotatable bonds is 31. The maximum absolute atomic E-state index is 12.5. The van der Waals surface area contributed by atoms with Gasteiger partial charge in [-0.15, -0.1) is 0 Å². The van der Waals surface area contributed by atoms with Crippen molar-refractivity contribution in [3.63, 3.8) is 0 Å². The highest BCUT2D eigenvalue weighted by Crippen LogP contribution is 2.43. The van der Waals surface area contributed by atoms with Gasteiger partial charge in [-0.3, -0.25) is 23.4 Å². The number of phosphoric acid groups is 1. The van der Waals surface area contributed by atoms with Crippen molar-refractivity contribution in [2.24, 2.45) is 5.73 Å². The van der Waals surface area contributed by atoms with Gasteiger partial charge in [0.25, 0.3) is 0 Å². The lowest BCUT2D eigenvalue weighted by molar-refractivity contribution is -0.161. The molecule has 46 heavy (non-hydrogen) atoms. The number of nitrogens with two attached hydrogens (primary N) is 1. The molecule has 0 aliphatic heterocycles. The van der Waals surface area contributed by atoms with Gasteiger partial charge in [0.1, 0.15) is 12.6 Å². The molecule has 266 valence electrons. The van der Waals surface area contributed by atoms with Gasteiger partial charge < -0.3 is 25.2 Å². The molecule has 2 unspecified atom stereocenters. The molecular weight excluding hydrogens is 613 g/mol. The van der Waals surface area contributed by atoms with E-state index in [4.69, 9.17) is 24.8 Å². The van der Waals surface area contributed by atoms with Crippen LogP contribution in [0.15, 0.2) is 36.5 Å². The molecule has 0 amide bonds. The van der Waals surface area contributed by atoms with Crippen molar-refractivity contribution in [3.8, 4) is 0 Å². The Morgan fingerprint density at radius 1 is 0.696 bits per heavy atom. The molecule has 12 heteroatoms. The topological polar surface area (TPSA) is 172 Å². The van der Waals surface area contributed by atoms with Gasteiger partial charge in [-0.05, 0) is 32.1 Å². The summed E-state index contributed by atoms with van der Waals surface area (Å²) in [6.45, 7) is 2.58. The van der Waals surface area contributed by atoms with E-state index in [2.05, 4.69) is 30.5 Å². The van der Waals surface area contributed by atoms with Crippen LogP contribution in [0.5, 0.6) is 0 Å². The Hall–Kier alpha value is -2.30. The quantitative estimate of drug-likeness (QED) is 0.0285. The molecule has 0 aromatic carbocycles. The van der Waals surface area contributed by atoms with Crippen LogP contribution in [-0.2, 0) is 37.5 Å². The number of unbranched alkanes of at least 4 members (excludes halogenated alkanes) is 13. The zero-order valence-corrected chi connectivity index (χ0v) is 29.0. The fraction of sp³-hybridized carbons (Fsp3) is 0.735. The number of esters is 2. The predicted octanol–water partition coefficient (Wildman–Crippen LogP) is 7.72. The van der Waals surface area contributed by atoms with Gasteiger partial charge in [-0.2, -0.15) is 0 Å². The molecule has 0 aliphatic rings. The first-order chi connectivity index (χ1) is 22.1. The number of carboxylic acids is 1. The fourth-order valence-corrected chi connectivity index (χ4v) is 5.02. The second-order valence-corrected chi connectivity index (χ2v) is 12.8. The maximum atomic E-state index is 12.5. The highest BCUT2D eigenvalue weighted by Gasteiger charge is 2.28. The Morgan fingerprint density at radius 2 is 1.22 bits per heavy atom. The second-order valence-electron chi connectivity index (χ2n) is 11.3. The summed E-state index contributed by atoms with van der Waals surface area (Å²) >= 11 is 0. The van der Waals surface area contributed by atoms with Crippen LogP contribution in [0.3, 0.4) is 0 Å². The van der Waals surface area contributed by atoms with Gasteiger partial charge in [0, 0.05) is 12.8 Å². The molecule has 0 saturated carbocycles. The number of ether oxygens (including phenoxy) is 2. The predicted molar refractivity (Wildman–Crippen MR) is 180 cm³/mol. The molecular formula is C34H60NO10P. The Morgan fingerprint density at radius 3 is 1.80 bits per heavy atom. The number of hydrogen-bond acceptors (Lipinski definition) is 9. The van der Waals surface area contributed by atoms with E-state index >= 15 is 0 Å². The van der Waals surface area contributed by atoms with Crippen LogP contribution in [0, 0.1) is 0 Å². The van der Waals surface area contributed by atoms with Gasteiger partial charge in [0.05, 0.1) is 13.2 Å². The monoisotopic (exact) mass is 673 g/mol. The largest absolute Gasteiger partial charge is 0.480 e. The van der Waals surface area contributed by atoms with E-state index in [-0.39, 0.29) is 19.4 Å². The molecule has 0 aliphatic carbocycles. The van der Waals surface area contributed by atoms with Gasteiger partial charge in [-0.1, -0.05) is 121 Å². The zero-order valence-electron chi connectivity index (χ0n) is 28.2. The van der Waals surface area contributed by atoms with Gasteiger partial charge >= 0.3 is 25.7 Å². The summed E-state index contributed by atoms with van der Waals surface area (Å²) in [5.74, 6) is -2.41. The summed E-state index contributed by atoms with van der Waals surface area (Å²) in [5.41, 5.74) is 5.29. The standard InChI is InChI=1S/C34H60NO10P/c1-3-5-7-9-11-13-14-15-16-18-20-22-24-26-33(37)45-30(28-43-46(40,41)44-29-31(35)34(38)39)27-42-32(36)25-23-21-19-17-12-10-8-6-4-2/h5,7,9,11,13-14,30-31H,3-4,6,8,10,12,15-29,35H2,1-2H3,(H,38,39)(H,40,41)/b7-5+,11-9+,14-13+/t30?,31-/m0/s1. The van der Waals surface area contributed by atoms with Crippen molar-refractivity contribution in [2.75, 3.05) is 19.8 Å². The molecule has 0 heterocycles. The first-order valence-electron chi connectivity index (χ1n) is 17.0. The third-order valence-corrected chi connectivity index (χ3v) is 7.91. The molecule has 4 N–H and O–H groups in total. The van der Waals surface area contributed by atoms with Crippen molar-refractivity contribution in [1.29, 1.82) is 0 Å². The molecule has 0 aromatic rings. The maximum Gasteiger partial charge on any atom is 0.472 e. The van der Waals surface area contributed by atoms with E-state index in [1.807, 2.05) is 24.3 Å². The van der Waals surface area contributed by atoms with E-state index in [1.54, 1.807) is 0 Å². The summed E-state index contributed by atoms with van der Waals surface area (Å²) in [7, 11) is -4.71. The van der Waals surface area contributed by atoms with Crippen molar-refractivity contribution in [3.05, 3.63) is 36.5 Å². The summed E-state index contributed by atoms with van der Waals surface area (Å²) in [6, 6.07) is -1.52. The van der Waals surface area contributed by atoms with Crippen molar-refractivity contribution < 1.29 is 47.5 Å². The minimum Gasteiger partial charge on any atom is -0.480 e. The SMILES string of the molecule is CC/C=C/C=C/C=C/CCCCCCCC(=O)OC(COC(=O)CCCCCCCCCCC)COP(=O)(O)OC[C@H](N)C(=O)O. The van der Waals surface area contributed by atoms with Crippen LogP contribution in [0.1, 0.15) is 129 Å². The lowest BCUT2D eigenvalue weighted by Gasteiger charge is -2.20. The van der Waals surface area contributed by atoms with Crippen LogP contribution < -0.4 is 5.73 Å². The van der Waals surface area contributed by atoms with E-state index in [0.29, 0.717) is 12.8 Å². The number of phosphoric ester groups is 1. The summed E-state index contributed by atoms with van der Waals surface area (Å²) in [5, 5.41) is 8.82. The summed E-state index contributed by atoms with van der Waals surface area (Å²) in [4.78, 5) is 45.5. The molecule has 0 saturated heterocycles. The third-order valence-electron chi connectivity index (χ3n) is 6.96. The van der Waals surface area contributed by atoms with E-state index in [0.717, 1.165) is 57.8 Å². The van der Waals surface area contributed by atoms with Crippen LogP contribution in [0.2, 0.25) is 0 Å². The first kappa shape index (κ1) is 43.7. The summed E-state index contributed by atoms with van der Waals surface area (Å²) < 4.78 is 32.4. The lowest BCUT2D eigenvalue weighted by atomic mass is 10.1. The smallest absolute Gasteiger partial charge is 0.472 e. The van der Waals surface area contributed by atoms with Gasteiger partial charge in [-0.25, -0.2) is 4.57 Å². The van der Waals surface area contributed by atoms with E-state index in [9.17, 15) is 23.8 Å². The van der Waals surface area contributed by atoms with Crippen molar-refractivity contribution in [1.82, 2.24) is 0 Å². The number of carbonyl (C=O) groups excluding carboxylic acids is 2. The minimum atomic E-state index is -4.71. The lowest BCUT2D eigenvalue weighted by Crippen LogP contribution is -2.34. The molecule has 0 aromatic heterocycles. The first-order valence-corrected chi connectivity index (χ1v) is 18.5. The average Bonchev–Trinajstić information content (AvgIpc) is 3.02. The number of carboxylic acid groups (broad SMARTS) is 1. The molecule has 0 radical (unpaired) electrons. The van der Waals surface area contributed by atoms with E-state index in [1.165, 1.54) is 32.1 Å². The third kappa shape index (κ3) is 29.1. The average molecular weight is 674 g/mol. The van der Waals surface area contributed by atoms with Crippen LogP contribution in [0.25, 0.3) is 0 Å². The number of carbonyl (C=O) groups is 3. The van der Waals surface area contributed by atoms with Gasteiger partial charge in [0.2, 0.25) is 0 Å². The molecule has 11 nitrogen and oxygen atoms in total. The Labute approximate surface area is 276 Å². The second kappa shape index (κ2) is 30.1. The Kier molecular flexibility index (Phi) is 28.6. The highest BCUT2D eigenvalue weighted by atomic mass is 31.2. The van der Waals surface area contributed by atoms with Crippen LogP contribution in [-0.4, -0.2) is 59.9 Å². The molecule has 0 spiro atoms. The van der Waals surface area contributed by atoms with Crippen LogP contribution in [0.4, 0.5) is 0 Å². The summed E-state index contributed by atoms with van der Waals surface area (Å²) in [6.07, 6.45) is 28.0. The molecule has 0 rings (SSSR count). The number of allylic oxidation sites excluding steroid dienone is 6. The minimum absolute atomic E-state index is 0.139. The molecule has 0 bridgehead atoms. The zero-order chi connectivity index (χ0) is 34.3. The fourth-order valence-electron chi connectivity index (χ4n) is 4.24. The van der Waals surface area contributed by atoms with Crippen molar-refractivity contribution in [2.45, 2.75) is 142 Å². The Balaban J connectivity index is 4.55. The highest BCUT2D eigenvalue weighted by molar-refractivity contribution is 7.47. The molecule has 3 atom stereocenters. The number of aliphatic carboxylic acids is 1. The number of hydrogen-bond donors (Lipinski definition) is 3. The Bertz CT molecular complexity index is 937.